The predicted octanol–water partition coefficient (Wildman–Crippen LogP) is 2.36. The number of rotatable bonds is 2. The van der Waals surface area contributed by atoms with Crippen LogP contribution in [0.3, 0.4) is 0 Å². The molecule has 0 radical (unpaired) electrons. The van der Waals surface area contributed by atoms with E-state index in [1.807, 2.05) is 20.0 Å². The standard InChI is InChI=1S/C13H15N3O/c1-8-12(14-2)13(16-15-8)10-3-4-11-9(7-10)5-6-17-11/h3-4,7,14H,5-6H2,1-2H3,(H,15,16). The van der Waals surface area contributed by atoms with Gasteiger partial charge in [-0.2, -0.15) is 5.10 Å². The summed E-state index contributed by atoms with van der Waals surface area (Å²) in [6.07, 6.45) is 0.988. The third kappa shape index (κ3) is 1.56. The maximum absolute atomic E-state index is 5.51. The molecule has 2 N–H and O–H groups in total. The van der Waals surface area contributed by atoms with Crippen molar-refractivity contribution in [3.05, 3.63) is 29.5 Å². The lowest BCUT2D eigenvalue weighted by Crippen LogP contribution is -1.91. The molecule has 1 aromatic carbocycles. The molecule has 1 aliphatic rings. The number of nitrogens with zero attached hydrogens (tertiary/aromatic N) is 1. The highest BCUT2D eigenvalue weighted by Crippen LogP contribution is 2.33. The highest BCUT2D eigenvalue weighted by atomic mass is 16.5. The largest absolute Gasteiger partial charge is 0.493 e. The van der Waals surface area contributed by atoms with Crippen LogP contribution in [0.1, 0.15) is 11.3 Å². The zero-order valence-electron chi connectivity index (χ0n) is 10.0. The van der Waals surface area contributed by atoms with E-state index in [0.29, 0.717) is 0 Å². The molecule has 0 aliphatic carbocycles. The second-order valence-corrected chi connectivity index (χ2v) is 4.24. The van der Waals surface area contributed by atoms with E-state index in [1.54, 1.807) is 0 Å². The highest BCUT2D eigenvalue weighted by Gasteiger charge is 2.16. The highest BCUT2D eigenvalue weighted by molar-refractivity contribution is 5.76. The minimum Gasteiger partial charge on any atom is -0.493 e. The molecule has 0 bridgehead atoms. The first-order chi connectivity index (χ1) is 8.29. The van der Waals surface area contributed by atoms with E-state index < -0.39 is 0 Å². The Hall–Kier alpha value is -1.97. The molecule has 0 amide bonds. The zero-order chi connectivity index (χ0) is 11.8. The number of hydrogen-bond acceptors (Lipinski definition) is 3. The van der Waals surface area contributed by atoms with Gasteiger partial charge in [-0.1, -0.05) is 0 Å². The van der Waals surface area contributed by atoms with Crippen LogP contribution in [0.4, 0.5) is 5.69 Å². The van der Waals surface area contributed by atoms with Crippen molar-refractivity contribution in [3.63, 3.8) is 0 Å². The Kier molecular flexibility index (Phi) is 2.28. The second kappa shape index (κ2) is 3.80. The third-order valence-corrected chi connectivity index (χ3v) is 3.16. The monoisotopic (exact) mass is 229 g/mol. The number of ether oxygens (including phenoxy) is 1. The summed E-state index contributed by atoms with van der Waals surface area (Å²) >= 11 is 0. The normalized spacial score (nSPS) is 13.3. The van der Waals surface area contributed by atoms with Crippen molar-refractivity contribution >= 4 is 5.69 Å². The average Bonchev–Trinajstić information content (AvgIpc) is 2.93. The lowest BCUT2D eigenvalue weighted by Gasteiger charge is -2.05. The molecule has 0 fully saturated rings. The van der Waals surface area contributed by atoms with Crippen LogP contribution in [0.25, 0.3) is 11.3 Å². The van der Waals surface area contributed by atoms with Crippen LogP contribution in [0.15, 0.2) is 18.2 Å². The Morgan fingerprint density at radius 2 is 2.29 bits per heavy atom. The van der Waals surface area contributed by atoms with Crippen LogP contribution >= 0.6 is 0 Å². The van der Waals surface area contributed by atoms with Gasteiger partial charge in [0.2, 0.25) is 0 Å². The first-order valence-electron chi connectivity index (χ1n) is 5.78. The van der Waals surface area contributed by atoms with E-state index in [2.05, 4.69) is 27.6 Å². The van der Waals surface area contributed by atoms with E-state index >= 15 is 0 Å². The van der Waals surface area contributed by atoms with E-state index in [9.17, 15) is 0 Å². The number of benzene rings is 1. The summed E-state index contributed by atoms with van der Waals surface area (Å²) in [7, 11) is 1.91. The summed E-state index contributed by atoms with van der Waals surface area (Å²) in [5.41, 5.74) is 5.48. The van der Waals surface area contributed by atoms with Gasteiger partial charge in [-0.15, -0.1) is 0 Å². The van der Waals surface area contributed by atoms with Gasteiger partial charge in [0.1, 0.15) is 11.4 Å². The Morgan fingerprint density at radius 1 is 1.41 bits per heavy atom. The lowest BCUT2D eigenvalue weighted by atomic mass is 10.1. The molecule has 3 rings (SSSR count). The molecule has 17 heavy (non-hydrogen) atoms. The fraction of sp³-hybridized carbons (Fsp3) is 0.308. The Balaban J connectivity index is 2.09. The van der Waals surface area contributed by atoms with Crippen molar-refractivity contribution in [1.82, 2.24) is 10.2 Å². The molecule has 0 saturated heterocycles. The number of aromatic amines is 1. The number of fused-ring (bicyclic) bond motifs is 1. The Bertz CT molecular complexity index is 560. The van der Waals surface area contributed by atoms with Crippen LogP contribution in [-0.2, 0) is 6.42 Å². The van der Waals surface area contributed by atoms with Crippen molar-refractivity contribution in [3.8, 4) is 17.0 Å². The molecule has 4 nitrogen and oxygen atoms in total. The number of nitrogens with one attached hydrogen (secondary N) is 2. The number of aromatic nitrogens is 2. The predicted molar refractivity (Wildman–Crippen MR) is 67.5 cm³/mol. The fourth-order valence-corrected chi connectivity index (χ4v) is 2.28. The van der Waals surface area contributed by atoms with Crippen molar-refractivity contribution in [2.75, 3.05) is 19.0 Å². The summed E-state index contributed by atoms with van der Waals surface area (Å²) in [6, 6.07) is 6.25. The molecule has 2 aromatic rings. The van der Waals surface area contributed by atoms with Gasteiger partial charge in [-0.25, -0.2) is 0 Å². The van der Waals surface area contributed by atoms with Gasteiger partial charge in [-0.3, -0.25) is 5.10 Å². The Labute approximate surface area is 100 Å². The molecule has 0 saturated carbocycles. The minimum absolute atomic E-state index is 0.789. The van der Waals surface area contributed by atoms with E-state index in [0.717, 1.165) is 41.4 Å². The van der Waals surface area contributed by atoms with Gasteiger partial charge >= 0.3 is 0 Å². The van der Waals surface area contributed by atoms with Crippen molar-refractivity contribution in [2.24, 2.45) is 0 Å². The maximum atomic E-state index is 5.51. The fourth-order valence-electron chi connectivity index (χ4n) is 2.28. The van der Waals surface area contributed by atoms with Crippen LogP contribution in [0, 0.1) is 6.92 Å². The molecule has 0 atom stereocenters. The molecule has 0 unspecified atom stereocenters. The van der Waals surface area contributed by atoms with E-state index in [1.165, 1.54) is 5.56 Å². The van der Waals surface area contributed by atoms with Gasteiger partial charge in [0.05, 0.1) is 18.0 Å². The molecule has 0 spiro atoms. The van der Waals surface area contributed by atoms with Gasteiger partial charge in [0, 0.05) is 19.0 Å². The quantitative estimate of drug-likeness (QED) is 0.831. The van der Waals surface area contributed by atoms with Gasteiger partial charge in [0.25, 0.3) is 0 Å². The molecule has 1 aliphatic heterocycles. The van der Waals surface area contributed by atoms with Crippen LogP contribution in [0.2, 0.25) is 0 Å². The molecular weight excluding hydrogens is 214 g/mol. The van der Waals surface area contributed by atoms with Crippen LogP contribution in [0.5, 0.6) is 5.75 Å². The van der Waals surface area contributed by atoms with Gasteiger partial charge in [0.15, 0.2) is 0 Å². The minimum atomic E-state index is 0.789. The third-order valence-electron chi connectivity index (χ3n) is 3.16. The molecule has 1 aromatic heterocycles. The molecule has 2 heterocycles. The molecule has 4 heteroatoms. The van der Waals surface area contributed by atoms with Crippen molar-refractivity contribution in [1.29, 1.82) is 0 Å². The summed E-state index contributed by atoms with van der Waals surface area (Å²) in [5.74, 6) is 1.01. The van der Waals surface area contributed by atoms with Crippen molar-refractivity contribution in [2.45, 2.75) is 13.3 Å². The SMILES string of the molecule is CNc1c(-c2ccc3c(c2)CCO3)n[nH]c1C. The number of aryl methyl sites for hydroxylation is 1. The maximum Gasteiger partial charge on any atom is 0.122 e. The first kappa shape index (κ1) is 10.2. The van der Waals surface area contributed by atoms with Gasteiger partial charge < -0.3 is 10.1 Å². The van der Waals surface area contributed by atoms with Crippen LogP contribution in [-0.4, -0.2) is 23.9 Å². The van der Waals surface area contributed by atoms with E-state index in [4.69, 9.17) is 4.74 Å². The number of hydrogen-bond donors (Lipinski definition) is 2. The summed E-state index contributed by atoms with van der Waals surface area (Å²) in [4.78, 5) is 0. The van der Waals surface area contributed by atoms with Crippen molar-refractivity contribution < 1.29 is 4.74 Å². The lowest BCUT2D eigenvalue weighted by molar-refractivity contribution is 0.357. The first-order valence-corrected chi connectivity index (χ1v) is 5.78. The smallest absolute Gasteiger partial charge is 0.122 e. The summed E-state index contributed by atoms with van der Waals surface area (Å²) in [5, 5.41) is 10.5. The zero-order valence-corrected chi connectivity index (χ0v) is 10.0. The van der Waals surface area contributed by atoms with E-state index in [-0.39, 0.29) is 0 Å². The summed E-state index contributed by atoms with van der Waals surface area (Å²) in [6.45, 7) is 2.80. The topological polar surface area (TPSA) is 49.9 Å². The average molecular weight is 229 g/mol. The van der Waals surface area contributed by atoms with Crippen LogP contribution < -0.4 is 10.1 Å². The molecular formula is C13H15N3O. The number of H-pyrrole nitrogens is 1. The second-order valence-electron chi connectivity index (χ2n) is 4.24. The summed E-state index contributed by atoms with van der Waals surface area (Å²) < 4.78 is 5.51. The Morgan fingerprint density at radius 3 is 3.12 bits per heavy atom. The molecule has 88 valence electrons. The van der Waals surface area contributed by atoms with Gasteiger partial charge in [-0.05, 0) is 30.7 Å². The number of anilines is 1.